The van der Waals surface area contributed by atoms with Gasteiger partial charge in [0.2, 0.25) is 11.9 Å². The predicted octanol–water partition coefficient (Wildman–Crippen LogP) is 3.70. The van der Waals surface area contributed by atoms with E-state index in [0.717, 1.165) is 0 Å². The van der Waals surface area contributed by atoms with Crippen LogP contribution in [0.5, 0.6) is 0 Å². The van der Waals surface area contributed by atoms with Crippen LogP contribution >= 0.6 is 0 Å². The molecule has 0 bridgehead atoms. The van der Waals surface area contributed by atoms with Gasteiger partial charge in [-0.05, 0) is 50.2 Å². The summed E-state index contributed by atoms with van der Waals surface area (Å²) in [5, 5.41) is 24.8. The van der Waals surface area contributed by atoms with Gasteiger partial charge in [-0.3, -0.25) is 10.1 Å². The topological polar surface area (TPSA) is 123 Å². The fourth-order valence-electron chi connectivity index (χ4n) is 3.28. The molecule has 0 fully saturated rings. The number of nitrogens with zero attached hydrogens (tertiary/aromatic N) is 4. The Morgan fingerprint density at radius 3 is 2.62 bits per heavy atom. The zero-order chi connectivity index (χ0) is 23.5. The SMILES string of the molecule is CCC(=O)N(C)c1ccc2c(c1)nc(NC(=O)Nc1cccc(C#N)c1)n2CC(C)(C)O. The van der Waals surface area contributed by atoms with Crippen molar-refractivity contribution in [2.24, 2.45) is 0 Å². The van der Waals surface area contributed by atoms with E-state index >= 15 is 0 Å². The summed E-state index contributed by atoms with van der Waals surface area (Å²) in [5.41, 5.74) is 1.79. The zero-order valence-corrected chi connectivity index (χ0v) is 18.5. The second-order valence-corrected chi connectivity index (χ2v) is 8.09. The Balaban J connectivity index is 1.94. The fourth-order valence-corrected chi connectivity index (χ4v) is 3.28. The molecule has 3 N–H and O–H groups in total. The van der Waals surface area contributed by atoms with E-state index in [1.807, 2.05) is 12.1 Å². The quantitative estimate of drug-likeness (QED) is 0.546. The van der Waals surface area contributed by atoms with Crippen LogP contribution in [0.3, 0.4) is 0 Å². The highest BCUT2D eigenvalue weighted by atomic mass is 16.3. The molecule has 0 spiro atoms. The Morgan fingerprint density at radius 1 is 1.22 bits per heavy atom. The first-order valence-electron chi connectivity index (χ1n) is 10.2. The van der Waals surface area contributed by atoms with Gasteiger partial charge in [0.1, 0.15) is 0 Å². The Morgan fingerprint density at radius 2 is 1.97 bits per heavy atom. The summed E-state index contributed by atoms with van der Waals surface area (Å²) >= 11 is 0. The van der Waals surface area contributed by atoms with Crippen LogP contribution in [0.25, 0.3) is 11.0 Å². The summed E-state index contributed by atoms with van der Waals surface area (Å²) in [6, 6.07) is 13.4. The Labute approximate surface area is 186 Å². The van der Waals surface area contributed by atoms with Crippen LogP contribution in [0.15, 0.2) is 42.5 Å². The number of aromatic nitrogens is 2. The predicted molar refractivity (Wildman–Crippen MR) is 124 cm³/mol. The van der Waals surface area contributed by atoms with E-state index in [2.05, 4.69) is 15.6 Å². The standard InChI is InChI=1S/C23H26N6O3/c1-5-20(30)28(4)17-9-10-19-18(12-17)26-21(29(19)14-23(2,3)32)27-22(31)25-16-8-6-7-15(11-16)13-24/h6-12,32H,5,14H2,1-4H3,(H2,25,26,27,31). The maximum absolute atomic E-state index is 12.6. The molecule has 0 saturated heterocycles. The highest BCUT2D eigenvalue weighted by molar-refractivity contribution is 6.00. The summed E-state index contributed by atoms with van der Waals surface area (Å²) in [6.45, 7) is 5.31. The molecule has 3 aromatic rings. The van der Waals surface area contributed by atoms with Crippen molar-refractivity contribution in [3.63, 3.8) is 0 Å². The van der Waals surface area contributed by atoms with Crippen LogP contribution in [0.4, 0.5) is 22.1 Å². The van der Waals surface area contributed by atoms with Gasteiger partial charge in [-0.2, -0.15) is 5.26 Å². The van der Waals surface area contributed by atoms with Crippen molar-refractivity contribution >= 4 is 40.3 Å². The zero-order valence-electron chi connectivity index (χ0n) is 18.5. The molecule has 1 heterocycles. The summed E-state index contributed by atoms with van der Waals surface area (Å²) in [6.07, 6.45) is 0.377. The van der Waals surface area contributed by atoms with Crippen molar-refractivity contribution in [3.05, 3.63) is 48.0 Å². The van der Waals surface area contributed by atoms with E-state index in [1.54, 1.807) is 73.7 Å². The minimum atomic E-state index is -1.06. The van der Waals surface area contributed by atoms with Gasteiger partial charge in [-0.1, -0.05) is 13.0 Å². The van der Waals surface area contributed by atoms with E-state index in [1.165, 1.54) is 0 Å². The van der Waals surface area contributed by atoms with Gasteiger partial charge in [0.15, 0.2) is 0 Å². The molecule has 1 aromatic heterocycles. The van der Waals surface area contributed by atoms with Crippen LogP contribution in [0.2, 0.25) is 0 Å². The summed E-state index contributed by atoms with van der Waals surface area (Å²) in [4.78, 5) is 30.7. The van der Waals surface area contributed by atoms with E-state index in [9.17, 15) is 14.7 Å². The van der Waals surface area contributed by atoms with Crippen LogP contribution in [-0.2, 0) is 11.3 Å². The number of urea groups is 1. The number of amides is 3. The molecule has 0 radical (unpaired) electrons. The lowest BCUT2D eigenvalue weighted by Gasteiger charge is -2.20. The monoisotopic (exact) mass is 434 g/mol. The fraction of sp³-hybridized carbons (Fsp3) is 0.304. The molecule has 32 heavy (non-hydrogen) atoms. The molecule has 0 saturated carbocycles. The van der Waals surface area contributed by atoms with Crippen molar-refractivity contribution in [1.82, 2.24) is 9.55 Å². The molecule has 2 aromatic carbocycles. The minimum absolute atomic E-state index is 0.0300. The molecule has 0 aliphatic heterocycles. The van der Waals surface area contributed by atoms with Crippen LogP contribution in [-0.4, -0.2) is 39.2 Å². The largest absolute Gasteiger partial charge is 0.389 e. The number of hydrogen-bond acceptors (Lipinski definition) is 5. The van der Waals surface area contributed by atoms with Crippen molar-refractivity contribution in [3.8, 4) is 6.07 Å². The van der Waals surface area contributed by atoms with Crippen LogP contribution < -0.4 is 15.5 Å². The van der Waals surface area contributed by atoms with E-state index in [4.69, 9.17) is 5.26 Å². The second-order valence-electron chi connectivity index (χ2n) is 8.09. The third kappa shape index (κ3) is 5.22. The van der Waals surface area contributed by atoms with Crippen molar-refractivity contribution in [2.75, 3.05) is 22.6 Å². The lowest BCUT2D eigenvalue weighted by molar-refractivity contribution is -0.118. The molecular weight excluding hydrogens is 408 g/mol. The number of anilines is 3. The highest BCUT2D eigenvalue weighted by Crippen LogP contribution is 2.27. The third-order valence-electron chi connectivity index (χ3n) is 4.82. The van der Waals surface area contributed by atoms with E-state index in [-0.39, 0.29) is 18.4 Å². The normalized spacial score (nSPS) is 11.1. The second kappa shape index (κ2) is 9.08. The molecule has 3 amide bonds. The van der Waals surface area contributed by atoms with Gasteiger partial charge < -0.3 is 19.9 Å². The third-order valence-corrected chi connectivity index (χ3v) is 4.82. The molecule has 9 nitrogen and oxygen atoms in total. The number of hydrogen-bond donors (Lipinski definition) is 3. The van der Waals surface area contributed by atoms with Crippen molar-refractivity contribution < 1.29 is 14.7 Å². The molecular formula is C23H26N6O3. The molecule has 0 unspecified atom stereocenters. The van der Waals surface area contributed by atoms with Gasteiger partial charge in [0.25, 0.3) is 0 Å². The van der Waals surface area contributed by atoms with Gasteiger partial charge in [-0.25, -0.2) is 9.78 Å². The number of benzene rings is 2. The minimum Gasteiger partial charge on any atom is -0.389 e. The number of imidazole rings is 1. The average Bonchev–Trinajstić information content (AvgIpc) is 3.07. The molecule has 0 aliphatic carbocycles. The first kappa shape index (κ1) is 22.8. The number of fused-ring (bicyclic) bond motifs is 1. The molecule has 166 valence electrons. The molecule has 0 aliphatic rings. The maximum Gasteiger partial charge on any atom is 0.326 e. The van der Waals surface area contributed by atoms with E-state index < -0.39 is 11.6 Å². The van der Waals surface area contributed by atoms with Gasteiger partial charge in [0.05, 0.1) is 34.8 Å². The molecule has 0 atom stereocenters. The Kier molecular flexibility index (Phi) is 6.46. The average molecular weight is 435 g/mol. The van der Waals surface area contributed by atoms with Gasteiger partial charge >= 0.3 is 6.03 Å². The summed E-state index contributed by atoms with van der Waals surface area (Å²) < 4.78 is 1.71. The number of carbonyl (C=O) groups excluding carboxylic acids is 2. The van der Waals surface area contributed by atoms with Gasteiger partial charge in [0, 0.05) is 24.8 Å². The lowest BCUT2D eigenvalue weighted by Crippen LogP contribution is -2.28. The first-order chi connectivity index (χ1) is 15.1. The number of nitrogens with one attached hydrogen (secondary N) is 2. The Hall–Kier alpha value is -3.90. The van der Waals surface area contributed by atoms with Gasteiger partial charge in [-0.15, -0.1) is 0 Å². The number of rotatable bonds is 6. The number of carbonyl (C=O) groups is 2. The Bertz CT molecular complexity index is 1200. The first-order valence-corrected chi connectivity index (χ1v) is 10.2. The van der Waals surface area contributed by atoms with Crippen LogP contribution in [0.1, 0.15) is 32.8 Å². The molecule has 3 rings (SSSR count). The van der Waals surface area contributed by atoms with Crippen molar-refractivity contribution in [2.45, 2.75) is 39.3 Å². The molecule has 9 heteroatoms. The van der Waals surface area contributed by atoms with Crippen molar-refractivity contribution in [1.29, 1.82) is 5.26 Å². The number of aliphatic hydroxyl groups is 1. The smallest absolute Gasteiger partial charge is 0.326 e. The van der Waals surface area contributed by atoms with Crippen LogP contribution in [0, 0.1) is 11.3 Å². The lowest BCUT2D eigenvalue weighted by atomic mass is 10.1. The summed E-state index contributed by atoms with van der Waals surface area (Å²) in [7, 11) is 1.70. The number of nitriles is 1. The summed E-state index contributed by atoms with van der Waals surface area (Å²) in [5.74, 6) is 0.218. The van der Waals surface area contributed by atoms with E-state index in [0.29, 0.717) is 34.4 Å². The highest BCUT2D eigenvalue weighted by Gasteiger charge is 2.21. The maximum atomic E-state index is 12.6.